The highest BCUT2D eigenvalue weighted by Gasteiger charge is 2.34. The number of nitrogens with two attached hydrogens (primary N) is 1. The first-order valence-electron chi connectivity index (χ1n) is 7.37. The molecule has 1 saturated heterocycles. The minimum Gasteiger partial charge on any atom is -0.373 e. The first kappa shape index (κ1) is 13.8. The summed E-state index contributed by atoms with van der Waals surface area (Å²) in [6.45, 7) is 2.06. The van der Waals surface area contributed by atoms with Crippen LogP contribution in [0, 0.1) is 0 Å². The molecular weight excluding hydrogens is 228 g/mol. The largest absolute Gasteiger partial charge is 0.373 e. The van der Waals surface area contributed by atoms with Gasteiger partial charge in [0.05, 0.1) is 12.2 Å². The van der Waals surface area contributed by atoms with Gasteiger partial charge in [-0.25, -0.2) is 0 Å². The number of carbonyl (C=O) groups is 1. The lowest BCUT2D eigenvalue weighted by Gasteiger charge is -2.27. The average Bonchev–Trinajstić information content (AvgIpc) is 2.61. The number of hydrogen-bond acceptors (Lipinski definition) is 3. The lowest BCUT2D eigenvalue weighted by atomic mass is 10.0. The molecule has 0 aromatic heterocycles. The van der Waals surface area contributed by atoms with Gasteiger partial charge in [0.2, 0.25) is 5.91 Å². The fourth-order valence-electron chi connectivity index (χ4n) is 3.15. The minimum absolute atomic E-state index is 0.0271. The predicted molar refractivity (Wildman–Crippen MR) is 71.2 cm³/mol. The van der Waals surface area contributed by atoms with E-state index in [4.69, 9.17) is 10.5 Å². The molecule has 1 amide bonds. The van der Waals surface area contributed by atoms with E-state index in [1.165, 1.54) is 25.7 Å². The molecule has 1 aliphatic heterocycles. The van der Waals surface area contributed by atoms with Gasteiger partial charge in [-0.05, 0) is 32.6 Å². The van der Waals surface area contributed by atoms with E-state index in [-0.39, 0.29) is 24.2 Å². The van der Waals surface area contributed by atoms with Gasteiger partial charge in [0.25, 0.3) is 0 Å². The van der Waals surface area contributed by atoms with Crippen LogP contribution in [0.15, 0.2) is 0 Å². The molecule has 18 heavy (non-hydrogen) atoms. The van der Waals surface area contributed by atoms with E-state index in [0.29, 0.717) is 6.04 Å². The molecule has 1 saturated carbocycles. The number of ether oxygens (including phenoxy) is 1. The van der Waals surface area contributed by atoms with Crippen molar-refractivity contribution in [3.05, 3.63) is 0 Å². The summed E-state index contributed by atoms with van der Waals surface area (Å²) in [5, 5.41) is 3.46. The Morgan fingerprint density at radius 3 is 2.33 bits per heavy atom. The first-order valence-corrected chi connectivity index (χ1v) is 7.37. The van der Waals surface area contributed by atoms with Gasteiger partial charge < -0.3 is 15.8 Å². The van der Waals surface area contributed by atoms with Crippen molar-refractivity contribution < 1.29 is 9.53 Å². The monoisotopic (exact) mass is 254 g/mol. The standard InChI is InChI=1S/C14H26N2O2/c1-10-8-9-12(18-10)13(14(15)17)16-11-6-4-2-3-5-7-11/h10-13,16H,2-9H2,1H3,(H2,15,17). The summed E-state index contributed by atoms with van der Waals surface area (Å²) in [6, 6.07) is 0.127. The fraction of sp³-hybridized carbons (Fsp3) is 0.929. The topological polar surface area (TPSA) is 64.3 Å². The maximum Gasteiger partial charge on any atom is 0.237 e. The highest BCUT2D eigenvalue weighted by atomic mass is 16.5. The van der Waals surface area contributed by atoms with Crippen molar-refractivity contribution in [2.45, 2.75) is 82.6 Å². The van der Waals surface area contributed by atoms with Crippen LogP contribution in [-0.2, 0) is 9.53 Å². The van der Waals surface area contributed by atoms with Crippen molar-refractivity contribution in [2.24, 2.45) is 5.73 Å². The summed E-state index contributed by atoms with van der Waals surface area (Å²) in [6.07, 6.45) is 9.66. The van der Waals surface area contributed by atoms with E-state index in [0.717, 1.165) is 25.7 Å². The maximum atomic E-state index is 11.6. The smallest absolute Gasteiger partial charge is 0.237 e. The molecule has 0 radical (unpaired) electrons. The second kappa shape index (κ2) is 6.53. The number of hydrogen-bond donors (Lipinski definition) is 2. The van der Waals surface area contributed by atoms with Gasteiger partial charge in [0.1, 0.15) is 6.04 Å². The third kappa shape index (κ3) is 3.69. The molecule has 2 rings (SSSR count). The van der Waals surface area contributed by atoms with Crippen LogP contribution >= 0.6 is 0 Å². The van der Waals surface area contributed by atoms with Crippen LogP contribution < -0.4 is 11.1 Å². The second-order valence-corrected chi connectivity index (χ2v) is 5.80. The molecule has 1 aliphatic carbocycles. The van der Waals surface area contributed by atoms with E-state index in [1.807, 2.05) is 0 Å². The van der Waals surface area contributed by atoms with Gasteiger partial charge in [-0.1, -0.05) is 25.7 Å². The quantitative estimate of drug-likeness (QED) is 0.751. The number of primary amides is 1. The summed E-state index contributed by atoms with van der Waals surface area (Å²) < 4.78 is 5.79. The van der Waals surface area contributed by atoms with Gasteiger partial charge in [-0.2, -0.15) is 0 Å². The van der Waals surface area contributed by atoms with E-state index in [2.05, 4.69) is 12.2 Å². The molecule has 0 aromatic rings. The third-order valence-corrected chi connectivity index (χ3v) is 4.21. The van der Waals surface area contributed by atoms with Crippen LogP contribution in [-0.4, -0.2) is 30.2 Å². The van der Waals surface area contributed by atoms with Crippen molar-refractivity contribution in [1.82, 2.24) is 5.32 Å². The Balaban J connectivity index is 1.91. The number of carbonyl (C=O) groups excluding carboxylic acids is 1. The average molecular weight is 254 g/mol. The van der Waals surface area contributed by atoms with Gasteiger partial charge >= 0.3 is 0 Å². The van der Waals surface area contributed by atoms with Crippen molar-refractivity contribution in [1.29, 1.82) is 0 Å². The van der Waals surface area contributed by atoms with Crippen LogP contribution in [0.3, 0.4) is 0 Å². The second-order valence-electron chi connectivity index (χ2n) is 5.80. The van der Waals surface area contributed by atoms with Crippen molar-refractivity contribution in [2.75, 3.05) is 0 Å². The van der Waals surface area contributed by atoms with E-state index in [1.54, 1.807) is 0 Å². The number of nitrogens with one attached hydrogen (secondary N) is 1. The summed E-state index contributed by atoms with van der Waals surface area (Å²) >= 11 is 0. The van der Waals surface area contributed by atoms with Crippen LogP contribution in [0.4, 0.5) is 0 Å². The summed E-state index contributed by atoms with van der Waals surface area (Å²) in [7, 11) is 0. The minimum atomic E-state index is -0.307. The molecule has 3 unspecified atom stereocenters. The Morgan fingerprint density at radius 2 is 1.83 bits per heavy atom. The zero-order valence-corrected chi connectivity index (χ0v) is 11.4. The van der Waals surface area contributed by atoms with Gasteiger partial charge in [0.15, 0.2) is 0 Å². The first-order chi connectivity index (χ1) is 8.66. The Kier molecular flexibility index (Phi) is 5.01. The lowest BCUT2D eigenvalue weighted by molar-refractivity contribution is -0.124. The van der Waals surface area contributed by atoms with Crippen molar-refractivity contribution in [3.8, 4) is 0 Å². The Morgan fingerprint density at radius 1 is 1.17 bits per heavy atom. The van der Waals surface area contributed by atoms with Gasteiger partial charge in [-0.15, -0.1) is 0 Å². The summed E-state index contributed by atoms with van der Waals surface area (Å²) in [4.78, 5) is 11.6. The highest BCUT2D eigenvalue weighted by Crippen LogP contribution is 2.24. The van der Waals surface area contributed by atoms with Gasteiger partial charge in [-0.3, -0.25) is 4.79 Å². The molecule has 0 spiro atoms. The van der Waals surface area contributed by atoms with Crippen LogP contribution in [0.2, 0.25) is 0 Å². The van der Waals surface area contributed by atoms with Crippen LogP contribution in [0.1, 0.15) is 58.3 Å². The maximum absolute atomic E-state index is 11.6. The zero-order valence-electron chi connectivity index (χ0n) is 11.4. The molecule has 4 heteroatoms. The van der Waals surface area contributed by atoms with Crippen LogP contribution in [0.5, 0.6) is 0 Å². The normalized spacial score (nSPS) is 32.1. The third-order valence-electron chi connectivity index (χ3n) is 4.21. The molecule has 3 atom stereocenters. The molecule has 1 heterocycles. The highest BCUT2D eigenvalue weighted by molar-refractivity contribution is 5.80. The summed E-state index contributed by atoms with van der Waals surface area (Å²) in [5.41, 5.74) is 5.54. The van der Waals surface area contributed by atoms with Gasteiger partial charge in [0, 0.05) is 6.04 Å². The Labute approximate surface area is 110 Å². The molecule has 0 bridgehead atoms. The molecule has 0 aromatic carbocycles. The van der Waals surface area contributed by atoms with E-state index in [9.17, 15) is 4.79 Å². The molecular formula is C14H26N2O2. The Bertz CT molecular complexity index is 275. The Hall–Kier alpha value is -0.610. The molecule has 4 nitrogen and oxygen atoms in total. The van der Waals surface area contributed by atoms with E-state index >= 15 is 0 Å². The number of rotatable bonds is 4. The summed E-state index contributed by atoms with van der Waals surface area (Å²) in [5.74, 6) is -0.265. The lowest BCUT2D eigenvalue weighted by Crippen LogP contribution is -2.53. The number of amides is 1. The predicted octanol–water partition coefficient (Wildman–Crippen LogP) is 1.72. The van der Waals surface area contributed by atoms with E-state index < -0.39 is 0 Å². The fourth-order valence-corrected chi connectivity index (χ4v) is 3.15. The molecule has 3 N–H and O–H groups in total. The van der Waals surface area contributed by atoms with Crippen molar-refractivity contribution >= 4 is 5.91 Å². The zero-order chi connectivity index (χ0) is 13.0. The molecule has 2 fully saturated rings. The van der Waals surface area contributed by atoms with Crippen molar-refractivity contribution in [3.63, 3.8) is 0 Å². The van der Waals surface area contributed by atoms with Crippen LogP contribution in [0.25, 0.3) is 0 Å². The SMILES string of the molecule is CC1CCC(C(NC2CCCCCC2)C(N)=O)O1. The molecule has 2 aliphatic rings. The molecule has 104 valence electrons.